The van der Waals surface area contributed by atoms with E-state index in [2.05, 4.69) is 33.0 Å². The summed E-state index contributed by atoms with van der Waals surface area (Å²) in [7, 11) is 0. The fraction of sp³-hybridized carbons (Fsp3) is 0.600. The minimum Gasteiger partial charge on any atom is -0.379 e. The van der Waals surface area contributed by atoms with Gasteiger partial charge < -0.3 is 10.5 Å². The number of nitrogens with zero attached hydrogens (tertiary/aromatic N) is 1. The van der Waals surface area contributed by atoms with Crippen molar-refractivity contribution in [3.8, 4) is 0 Å². The monoisotopic (exact) mass is 290 g/mol. The van der Waals surface area contributed by atoms with E-state index in [1.54, 1.807) is 11.3 Å². The third kappa shape index (κ3) is 3.26. The van der Waals surface area contributed by atoms with Crippen LogP contribution in [0.15, 0.2) is 15.9 Å². The number of ether oxygens (including phenoxy) is 1. The zero-order valence-corrected chi connectivity index (χ0v) is 10.9. The molecule has 1 unspecified atom stereocenters. The second kappa shape index (κ2) is 5.41. The van der Waals surface area contributed by atoms with E-state index >= 15 is 0 Å². The summed E-state index contributed by atoms with van der Waals surface area (Å²) in [6.45, 7) is 4.60. The molecule has 0 bridgehead atoms. The van der Waals surface area contributed by atoms with Crippen LogP contribution in [0.3, 0.4) is 0 Å². The van der Waals surface area contributed by atoms with Crippen molar-refractivity contribution < 1.29 is 4.74 Å². The Balaban J connectivity index is 1.88. The number of morpholine rings is 1. The van der Waals surface area contributed by atoms with Crippen molar-refractivity contribution in [2.75, 3.05) is 32.8 Å². The molecule has 0 radical (unpaired) electrons. The third-order valence-corrected chi connectivity index (χ3v) is 4.27. The predicted molar refractivity (Wildman–Crippen MR) is 66.2 cm³/mol. The second-order valence-corrected chi connectivity index (χ2v) is 6.16. The Hall–Kier alpha value is 0.0600. The Bertz CT molecular complexity index is 312. The van der Waals surface area contributed by atoms with Crippen molar-refractivity contribution in [1.29, 1.82) is 0 Å². The summed E-state index contributed by atoms with van der Waals surface area (Å²) in [4.78, 5) is 3.61. The summed E-state index contributed by atoms with van der Waals surface area (Å²) in [6, 6.07) is 4.28. The lowest BCUT2D eigenvalue weighted by molar-refractivity contribution is 0.0354. The van der Waals surface area contributed by atoms with E-state index in [0.29, 0.717) is 0 Å². The van der Waals surface area contributed by atoms with Gasteiger partial charge in [-0.3, -0.25) is 4.90 Å². The molecular formula is C10H15BrN2OS. The Labute approximate surface area is 102 Å². The van der Waals surface area contributed by atoms with Gasteiger partial charge in [0.25, 0.3) is 0 Å². The minimum atomic E-state index is 0.124. The Morgan fingerprint density at radius 1 is 1.47 bits per heavy atom. The van der Waals surface area contributed by atoms with E-state index in [1.807, 2.05) is 0 Å². The largest absolute Gasteiger partial charge is 0.379 e. The van der Waals surface area contributed by atoms with Crippen LogP contribution in [0, 0.1) is 0 Å². The number of halogens is 1. The summed E-state index contributed by atoms with van der Waals surface area (Å²) in [5.41, 5.74) is 6.15. The molecule has 1 aromatic heterocycles. The lowest BCUT2D eigenvalue weighted by atomic mass is 10.2. The van der Waals surface area contributed by atoms with E-state index in [4.69, 9.17) is 10.5 Å². The predicted octanol–water partition coefficient (Wildman–Crippen LogP) is 1.84. The van der Waals surface area contributed by atoms with Crippen molar-refractivity contribution >= 4 is 27.3 Å². The quantitative estimate of drug-likeness (QED) is 0.923. The molecule has 2 heterocycles. The number of thiophene rings is 1. The molecule has 1 saturated heterocycles. The van der Waals surface area contributed by atoms with E-state index < -0.39 is 0 Å². The van der Waals surface area contributed by atoms with Crippen LogP contribution in [-0.2, 0) is 4.74 Å². The van der Waals surface area contributed by atoms with Crippen LogP contribution in [0.2, 0.25) is 0 Å². The summed E-state index contributed by atoms with van der Waals surface area (Å²) in [5, 5.41) is 0. The Morgan fingerprint density at radius 3 is 2.80 bits per heavy atom. The lowest BCUT2D eigenvalue weighted by Crippen LogP contribution is -2.40. The molecule has 84 valence electrons. The average Bonchev–Trinajstić information content (AvgIpc) is 2.66. The van der Waals surface area contributed by atoms with Crippen molar-refractivity contribution in [3.63, 3.8) is 0 Å². The van der Waals surface area contributed by atoms with Gasteiger partial charge >= 0.3 is 0 Å². The average molecular weight is 291 g/mol. The SMILES string of the molecule is NC(CN1CCOCC1)c1ccc(Br)s1. The van der Waals surface area contributed by atoms with E-state index in [-0.39, 0.29) is 6.04 Å². The zero-order valence-electron chi connectivity index (χ0n) is 8.49. The van der Waals surface area contributed by atoms with Gasteiger partial charge in [0.15, 0.2) is 0 Å². The first-order chi connectivity index (χ1) is 7.25. The normalized spacial score (nSPS) is 20.4. The highest BCUT2D eigenvalue weighted by Gasteiger charge is 2.16. The maximum Gasteiger partial charge on any atom is 0.0701 e. The number of nitrogens with two attached hydrogens (primary N) is 1. The van der Waals surface area contributed by atoms with Crippen molar-refractivity contribution in [3.05, 3.63) is 20.8 Å². The Morgan fingerprint density at radius 2 is 2.20 bits per heavy atom. The van der Waals surface area contributed by atoms with Crippen LogP contribution in [0.5, 0.6) is 0 Å². The standard InChI is InChI=1S/C10H15BrN2OS/c11-10-2-1-9(15-10)8(12)7-13-3-5-14-6-4-13/h1-2,8H,3-7,12H2. The lowest BCUT2D eigenvalue weighted by Gasteiger charge is -2.28. The number of hydrogen-bond donors (Lipinski definition) is 1. The minimum absolute atomic E-state index is 0.124. The summed E-state index contributed by atoms with van der Waals surface area (Å²) < 4.78 is 6.45. The van der Waals surface area contributed by atoms with Gasteiger partial charge in [-0.1, -0.05) is 0 Å². The maximum absolute atomic E-state index is 6.15. The van der Waals surface area contributed by atoms with E-state index in [0.717, 1.165) is 36.6 Å². The van der Waals surface area contributed by atoms with Gasteiger partial charge in [0.05, 0.1) is 23.0 Å². The van der Waals surface area contributed by atoms with Gasteiger partial charge in [-0.25, -0.2) is 0 Å². The molecule has 2 N–H and O–H groups in total. The summed E-state index contributed by atoms with van der Waals surface area (Å²) in [6.07, 6.45) is 0. The first kappa shape index (κ1) is 11.5. The first-order valence-corrected chi connectivity index (χ1v) is 6.67. The van der Waals surface area contributed by atoms with Crippen LogP contribution in [0.25, 0.3) is 0 Å². The topological polar surface area (TPSA) is 38.5 Å². The highest BCUT2D eigenvalue weighted by atomic mass is 79.9. The third-order valence-electron chi connectivity index (χ3n) is 2.52. The Kier molecular flexibility index (Phi) is 4.16. The molecule has 1 aromatic rings. The smallest absolute Gasteiger partial charge is 0.0701 e. The molecule has 1 atom stereocenters. The molecule has 0 aromatic carbocycles. The molecule has 5 heteroatoms. The summed E-state index contributed by atoms with van der Waals surface area (Å²) >= 11 is 5.17. The van der Waals surface area contributed by atoms with Gasteiger partial charge in [-0.15, -0.1) is 11.3 Å². The molecule has 2 rings (SSSR count). The van der Waals surface area contributed by atoms with Gasteiger partial charge in [0.1, 0.15) is 0 Å². The molecular weight excluding hydrogens is 276 g/mol. The molecule has 0 aliphatic carbocycles. The van der Waals surface area contributed by atoms with Crippen molar-refractivity contribution in [2.45, 2.75) is 6.04 Å². The van der Waals surface area contributed by atoms with Gasteiger partial charge in [0.2, 0.25) is 0 Å². The molecule has 15 heavy (non-hydrogen) atoms. The van der Waals surface area contributed by atoms with Crippen molar-refractivity contribution in [1.82, 2.24) is 4.90 Å². The van der Waals surface area contributed by atoms with Crippen molar-refractivity contribution in [2.24, 2.45) is 5.73 Å². The molecule has 0 amide bonds. The molecule has 0 spiro atoms. The molecule has 3 nitrogen and oxygen atoms in total. The fourth-order valence-electron chi connectivity index (χ4n) is 1.68. The molecule has 0 saturated carbocycles. The van der Waals surface area contributed by atoms with Crippen LogP contribution in [0.4, 0.5) is 0 Å². The molecule has 1 fully saturated rings. The summed E-state index contributed by atoms with van der Waals surface area (Å²) in [5.74, 6) is 0. The van der Waals surface area contributed by atoms with Crippen LogP contribution in [-0.4, -0.2) is 37.7 Å². The fourth-order valence-corrected chi connectivity index (χ4v) is 3.10. The first-order valence-electron chi connectivity index (χ1n) is 5.06. The van der Waals surface area contributed by atoms with E-state index in [1.165, 1.54) is 4.88 Å². The number of hydrogen-bond acceptors (Lipinski definition) is 4. The van der Waals surface area contributed by atoms with Gasteiger partial charge in [0, 0.05) is 24.5 Å². The maximum atomic E-state index is 6.15. The van der Waals surface area contributed by atoms with Gasteiger partial charge in [-0.05, 0) is 28.1 Å². The molecule has 1 aliphatic rings. The number of rotatable bonds is 3. The van der Waals surface area contributed by atoms with Crippen LogP contribution in [0.1, 0.15) is 10.9 Å². The highest BCUT2D eigenvalue weighted by molar-refractivity contribution is 9.11. The zero-order chi connectivity index (χ0) is 10.7. The van der Waals surface area contributed by atoms with Crippen LogP contribution >= 0.6 is 27.3 Å². The van der Waals surface area contributed by atoms with E-state index in [9.17, 15) is 0 Å². The van der Waals surface area contributed by atoms with Gasteiger partial charge in [-0.2, -0.15) is 0 Å². The second-order valence-electron chi connectivity index (χ2n) is 3.66. The highest BCUT2D eigenvalue weighted by Crippen LogP contribution is 2.26. The molecule has 1 aliphatic heterocycles. The van der Waals surface area contributed by atoms with Crippen LogP contribution < -0.4 is 5.73 Å².